The molecule has 0 aliphatic rings. The number of imidazole rings is 2. The second-order valence-electron chi connectivity index (χ2n) is 5.08. The number of aromatic amines is 2. The summed E-state index contributed by atoms with van der Waals surface area (Å²) in [5.74, 6) is -0.182. The highest BCUT2D eigenvalue weighted by atomic mass is 127. The van der Waals surface area contributed by atoms with Crippen LogP contribution >= 0.6 is 34.4 Å². The summed E-state index contributed by atoms with van der Waals surface area (Å²) in [6.45, 7) is 8.31. The Morgan fingerprint density at radius 3 is 1.78 bits per heavy atom. The van der Waals surface area contributed by atoms with Crippen molar-refractivity contribution in [2.45, 2.75) is 45.6 Å². The van der Waals surface area contributed by atoms with Crippen LogP contribution in [0.5, 0.6) is 0 Å². The van der Waals surface area contributed by atoms with E-state index in [4.69, 9.17) is 9.47 Å². The molecule has 0 saturated carbocycles. The lowest BCUT2D eigenvalue weighted by Crippen LogP contribution is -2.06. The lowest BCUT2D eigenvalue weighted by atomic mass is 10.4. The summed E-state index contributed by atoms with van der Waals surface area (Å²) in [7, 11) is 0. The van der Waals surface area contributed by atoms with Gasteiger partial charge < -0.3 is 19.4 Å². The zero-order valence-electron chi connectivity index (χ0n) is 16.1. The second kappa shape index (κ2) is 12.0. The molecule has 0 amide bonds. The molecule has 10 heteroatoms. The zero-order chi connectivity index (χ0) is 20.4. The number of ether oxygens (including phenoxy) is 2. The van der Waals surface area contributed by atoms with Gasteiger partial charge in [-0.1, -0.05) is 13.8 Å². The fraction of sp³-hybridized carbons (Fsp3) is 0.529. The van der Waals surface area contributed by atoms with Crippen LogP contribution in [0.1, 0.15) is 60.3 Å². The molecule has 0 unspecified atom stereocenters. The molecule has 2 N–H and O–H groups in total. The van der Waals surface area contributed by atoms with Gasteiger partial charge in [0.1, 0.15) is 8.73 Å². The Morgan fingerprint density at radius 2 is 1.41 bits per heavy atom. The third-order valence-electron chi connectivity index (χ3n) is 3.31. The molecule has 2 aromatic heterocycles. The first-order valence-electron chi connectivity index (χ1n) is 8.63. The maximum atomic E-state index is 11.3. The van der Waals surface area contributed by atoms with Crippen LogP contribution in [0.3, 0.4) is 0 Å². The molecule has 2 heterocycles. The van der Waals surface area contributed by atoms with E-state index >= 15 is 0 Å². The van der Waals surface area contributed by atoms with E-state index in [1.807, 2.05) is 20.1 Å². The number of hydrogen-bond acceptors (Lipinski definition) is 7. The van der Waals surface area contributed by atoms with Gasteiger partial charge in [-0.25, -0.2) is 19.6 Å². The van der Waals surface area contributed by atoms with E-state index in [9.17, 15) is 9.59 Å². The Bertz CT molecular complexity index is 739. The molecule has 150 valence electrons. The van der Waals surface area contributed by atoms with Gasteiger partial charge in [0.2, 0.25) is 11.6 Å². The van der Waals surface area contributed by atoms with Gasteiger partial charge in [0.15, 0.2) is 0 Å². The fourth-order valence-electron chi connectivity index (χ4n) is 2.02. The molecular weight excluding hydrogens is 483 g/mol. The van der Waals surface area contributed by atoms with Crippen molar-refractivity contribution in [3.8, 4) is 0 Å². The van der Waals surface area contributed by atoms with E-state index in [2.05, 4.69) is 42.5 Å². The number of carbonyl (C=O) groups is 2. The van der Waals surface area contributed by atoms with Crippen LogP contribution in [0.2, 0.25) is 0 Å². The molecule has 0 bridgehead atoms. The first-order chi connectivity index (χ1) is 12.9. The van der Waals surface area contributed by atoms with E-state index in [1.54, 1.807) is 13.8 Å². The maximum absolute atomic E-state index is 11.3. The lowest BCUT2D eigenvalue weighted by molar-refractivity contribution is 0.0503. The SMILES string of the molecule is CCOC(=O)c1nc(I)c(CC)[nH]1.CCOC(=O)c1nc(SC)c(CC)[nH]1. The van der Waals surface area contributed by atoms with Crippen molar-refractivity contribution in [2.24, 2.45) is 0 Å². The van der Waals surface area contributed by atoms with Crippen molar-refractivity contribution >= 4 is 46.3 Å². The molecule has 0 saturated heterocycles. The molecule has 27 heavy (non-hydrogen) atoms. The molecule has 0 aliphatic heterocycles. The number of carbonyl (C=O) groups excluding carboxylic acids is 2. The van der Waals surface area contributed by atoms with Gasteiger partial charge in [-0.05, 0) is 55.5 Å². The van der Waals surface area contributed by atoms with Crippen molar-refractivity contribution < 1.29 is 19.1 Å². The first kappa shape index (κ1) is 23.5. The minimum absolute atomic E-state index is 0.295. The van der Waals surface area contributed by atoms with Crippen LogP contribution in [0, 0.1) is 3.70 Å². The van der Waals surface area contributed by atoms with Gasteiger partial charge in [0, 0.05) is 11.4 Å². The number of nitrogens with zero attached hydrogens (tertiary/aromatic N) is 2. The number of esters is 2. The molecule has 0 aromatic carbocycles. The molecule has 0 atom stereocenters. The van der Waals surface area contributed by atoms with E-state index in [-0.39, 0.29) is 11.9 Å². The number of H-pyrrole nitrogens is 2. The molecular formula is C17H25IN4O4S. The third kappa shape index (κ3) is 6.83. The number of thioether (sulfide) groups is 1. The van der Waals surface area contributed by atoms with Crippen LogP contribution in [-0.4, -0.2) is 51.3 Å². The predicted molar refractivity (Wildman–Crippen MR) is 112 cm³/mol. The van der Waals surface area contributed by atoms with Gasteiger partial charge in [0.05, 0.1) is 13.2 Å². The van der Waals surface area contributed by atoms with Crippen molar-refractivity contribution in [3.63, 3.8) is 0 Å². The number of aryl methyl sites for hydroxylation is 2. The average Bonchev–Trinajstić information content (AvgIpc) is 3.25. The van der Waals surface area contributed by atoms with Gasteiger partial charge in [-0.2, -0.15) is 0 Å². The van der Waals surface area contributed by atoms with Crippen LogP contribution in [-0.2, 0) is 22.3 Å². The molecule has 2 rings (SSSR count). The monoisotopic (exact) mass is 508 g/mol. The van der Waals surface area contributed by atoms with Crippen LogP contribution in [0.4, 0.5) is 0 Å². The summed E-state index contributed by atoms with van der Waals surface area (Å²) in [5.41, 5.74) is 1.96. The Hall–Kier alpha value is -1.56. The largest absolute Gasteiger partial charge is 0.460 e. The molecule has 0 radical (unpaired) electrons. The van der Waals surface area contributed by atoms with Crippen LogP contribution in [0.15, 0.2) is 5.03 Å². The van der Waals surface area contributed by atoms with Gasteiger partial charge in [0.25, 0.3) is 0 Å². The minimum Gasteiger partial charge on any atom is -0.460 e. The Labute approximate surface area is 176 Å². The summed E-state index contributed by atoms with van der Waals surface area (Å²) in [6, 6.07) is 0. The van der Waals surface area contributed by atoms with Crippen molar-refractivity contribution in [3.05, 3.63) is 26.7 Å². The van der Waals surface area contributed by atoms with Crippen molar-refractivity contribution in [2.75, 3.05) is 19.5 Å². The fourth-order valence-corrected chi connectivity index (χ4v) is 3.40. The predicted octanol–water partition coefficient (Wildman–Crippen LogP) is 3.62. The zero-order valence-corrected chi connectivity index (χ0v) is 19.1. The number of aromatic nitrogens is 4. The summed E-state index contributed by atoms with van der Waals surface area (Å²) in [4.78, 5) is 36.6. The molecule has 2 aromatic rings. The highest BCUT2D eigenvalue weighted by Crippen LogP contribution is 2.18. The normalized spacial score (nSPS) is 10.1. The quantitative estimate of drug-likeness (QED) is 0.334. The molecule has 0 fully saturated rings. The highest BCUT2D eigenvalue weighted by Gasteiger charge is 2.15. The Balaban J connectivity index is 0.000000271. The van der Waals surface area contributed by atoms with E-state index < -0.39 is 0 Å². The highest BCUT2D eigenvalue weighted by molar-refractivity contribution is 14.1. The van der Waals surface area contributed by atoms with Gasteiger partial charge >= 0.3 is 11.9 Å². The summed E-state index contributed by atoms with van der Waals surface area (Å²) in [5, 5.41) is 0.871. The summed E-state index contributed by atoms with van der Waals surface area (Å²) in [6.07, 6.45) is 3.61. The van der Waals surface area contributed by atoms with Crippen LogP contribution < -0.4 is 0 Å². The van der Waals surface area contributed by atoms with E-state index in [1.165, 1.54) is 11.8 Å². The number of hydrogen-bond donors (Lipinski definition) is 2. The lowest BCUT2D eigenvalue weighted by Gasteiger charge is -1.95. The van der Waals surface area contributed by atoms with Gasteiger partial charge in [-0.3, -0.25) is 0 Å². The third-order valence-corrected chi connectivity index (χ3v) is 4.92. The number of halogens is 1. The summed E-state index contributed by atoms with van der Waals surface area (Å²) >= 11 is 3.62. The minimum atomic E-state index is -0.389. The average molecular weight is 508 g/mol. The molecule has 0 aliphatic carbocycles. The number of nitrogens with one attached hydrogen (secondary N) is 2. The maximum Gasteiger partial charge on any atom is 0.374 e. The number of rotatable bonds is 7. The topological polar surface area (TPSA) is 110 Å². The second-order valence-corrected chi connectivity index (χ2v) is 6.89. The Kier molecular flexibility index (Phi) is 10.4. The molecule has 0 spiro atoms. The Morgan fingerprint density at radius 1 is 0.926 bits per heavy atom. The van der Waals surface area contributed by atoms with Crippen molar-refractivity contribution in [1.82, 2.24) is 19.9 Å². The van der Waals surface area contributed by atoms with Crippen LogP contribution in [0.25, 0.3) is 0 Å². The van der Waals surface area contributed by atoms with E-state index in [0.29, 0.717) is 24.9 Å². The molecule has 8 nitrogen and oxygen atoms in total. The van der Waals surface area contributed by atoms with E-state index in [0.717, 1.165) is 33.0 Å². The first-order valence-corrected chi connectivity index (χ1v) is 10.9. The van der Waals surface area contributed by atoms with Gasteiger partial charge in [-0.15, -0.1) is 11.8 Å². The summed E-state index contributed by atoms with van der Waals surface area (Å²) < 4.78 is 10.5. The van der Waals surface area contributed by atoms with Crippen molar-refractivity contribution in [1.29, 1.82) is 0 Å². The standard InChI is InChI=1S/C9H14N2O2S.C8H11IN2O2/c1-4-6-8(14-3)11-7(10-6)9(12)13-5-2;1-3-5-6(9)11-7(10-5)8(12)13-4-2/h4-5H2,1-3H3,(H,10,11);3-4H2,1-2H3,(H,10,11). The smallest absolute Gasteiger partial charge is 0.374 e.